The highest BCUT2D eigenvalue weighted by molar-refractivity contribution is 9.09. The minimum absolute atomic E-state index is 0.247. The van der Waals surface area contributed by atoms with Crippen LogP contribution in [0.25, 0.3) is 11.2 Å². The van der Waals surface area contributed by atoms with Crippen molar-refractivity contribution < 1.29 is 0 Å². The molecule has 0 atom stereocenters. The summed E-state index contributed by atoms with van der Waals surface area (Å²) >= 11 is 3.39. The van der Waals surface area contributed by atoms with Crippen LogP contribution in [0.3, 0.4) is 0 Å². The summed E-state index contributed by atoms with van der Waals surface area (Å²) in [7, 11) is 3.42. The van der Waals surface area contributed by atoms with Crippen molar-refractivity contribution in [2.24, 2.45) is 14.1 Å². The zero-order valence-electron chi connectivity index (χ0n) is 11.8. The Morgan fingerprint density at radius 1 is 1.15 bits per heavy atom. The molecule has 110 valence electrons. The molecule has 0 amide bonds. The molecule has 6 nitrogen and oxygen atoms in total. The fourth-order valence-corrected chi connectivity index (χ4v) is 2.71. The average molecular weight is 343 g/mol. The quantitative estimate of drug-likeness (QED) is 0.588. The number of unbranched alkanes of at least 4 members (excludes halogenated alkanes) is 3. The highest BCUT2D eigenvalue weighted by Crippen LogP contribution is 2.05. The number of aryl methyl sites for hydroxylation is 2. The molecule has 0 N–H and O–H groups in total. The Hall–Kier alpha value is -1.37. The van der Waals surface area contributed by atoms with E-state index in [0.29, 0.717) is 17.7 Å². The fraction of sp³-hybridized carbons (Fsp3) is 0.615. The predicted octanol–water partition coefficient (Wildman–Crippen LogP) is 1.39. The van der Waals surface area contributed by atoms with Gasteiger partial charge in [-0.1, -0.05) is 28.8 Å². The van der Waals surface area contributed by atoms with Crippen LogP contribution in [-0.2, 0) is 20.6 Å². The second-order valence-electron chi connectivity index (χ2n) is 4.93. The first kappa shape index (κ1) is 15.0. The Bertz CT molecular complexity index is 713. The van der Waals surface area contributed by atoms with Crippen LogP contribution in [-0.4, -0.2) is 24.0 Å². The van der Waals surface area contributed by atoms with Gasteiger partial charge in [-0.25, -0.2) is 9.78 Å². The Labute approximate surface area is 125 Å². The normalized spacial score (nSPS) is 11.3. The van der Waals surface area contributed by atoms with Gasteiger partial charge in [0.2, 0.25) is 0 Å². The van der Waals surface area contributed by atoms with E-state index in [1.54, 1.807) is 25.0 Å². The van der Waals surface area contributed by atoms with Crippen molar-refractivity contribution in [1.29, 1.82) is 0 Å². The fourth-order valence-electron chi connectivity index (χ4n) is 2.31. The number of imidazole rings is 1. The first-order valence-corrected chi connectivity index (χ1v) is 7.87. The molecule has 0 bridgehead atoms. The lowest BCUT2D eigenvalue weighted by atomic mass is 10.2. The van der Waals surface area contributed by atoms with Gasteiger partial charge in [0.25, 0.3) is 5.56 Å². The number of nitrogens with zero attached hydrogens (tertiary/aromatic N) is 4. The van der Waals surface area contributed by atoms with E-state index in [4.69, 9.17) is 0 Å². The van der Waals surface area contributed by atoms with Crippen molar-refractivity contribution in [3.05, 3.63) is 27.2 Å². The summed E-state index contributed by atoms with van der Waals surface area (Å²) in [6.07, 6.45) is 5.64. The van der Waals surface area contributed by atoms with Gasteiger partial charge < -0.3 is 4.57 Å². The van der Waals surface area contributed by atoms with Crippen LogP contribution >= 0.6 is 15.9 Å². The van der Waals surface area contributed by atoms with Gasteiger partial charge in [-0.05, 0) is 12.8 Å². The maximum absolute atomic E-state index is 12.4. The van der Waals surface area contributed by atoms with Gasteiger partial charge >= 0.3 is 5.69 Å². The van der Waals surface area contributed by atoms with E-state index < -0.39 is 0 Å². The molecule has 2 aromatic heterocycles. The first-order valence-electron chi connectivity index (χ1n) is 6.74. The largest absolute Gasteiger partial charge is 0.332 e. The van der Waals surface area contributed by atoms with Gasteiger partial charge in [0.05, 0.1) is 6.33 Å². The van der Waals surface area contributed by atoms with Crippen molar-refractivity contribution >= 4 is 27.1 Å². The molecule has 0 aliphatic rings. The molecule has 0 fully saturated rings. The maximum atomic E-state index is 12.4. The Morgan fingerprint density at radius 2 is 1.85 bits per heavy atom. The van der Waals surface area contributed by atoms with Gasteiger partial charge in [-0.2, -0.15) is 0 Å². The number of fused-ring (bicyclic) bond motifs is 1. The Balaban J connectivity index is 2.31. The van der Waals surface area contributed by atoms with Gasteiger partial charge in [-0.15, -0.1) is 0 Å². The summed E-state index contributed by atoms with van der Waals surface area (Å²) in [5.74, 6) is 0. The molecule has 0 aliphatic carbocycles. The molecule has 20 heavy (non-hydrogen) atoms. The summed E-state index contributed by atoms with van der Waals surface area (Å²) in [5.41, 5.74) is 0.385. The van der Waals surface area contributed by atoms with Crippen LogP contribution in [0.1, 0.15) is 25.7 Å². The van der Waals surface area contributed by atoms with Crippen LogP contribution in [0.4, 0.5) is 0 Å². The van der Waals surface area contributed by atoms with Crippen LogP contribution < -0.4 is 11.2 Å². The average Bonchev–Trinajstić information content (AvgIpc) is 2.81. The Morgan fingerprint density at radius 3 is 2.55 bits per heavy atom. The molecular formula is C13H19BrN4O2. The molecular weight excluding hydrogens is 324 g/mol. The Kier molecular flexibility index (Phi) is 4.80. The molecule has 0 radical (unpaired) electrons. The van der Waals surface area contributed by atoms with E-state index in [-0.39, 0.29) is 11.2 Å². The number of hydrogen-bond donors (Lipinski definition) is 0. The van der Waals surface area contributed by atoms with Crippen LogP contribution in [0, 0.1) is 0 Å². The van der Waals surface area contributed by atoms with Crippen LogP contribution in [0.5, 0.6) is 0 Å². The molecule has 2 rings (SSSR count). The second kappa shape index (κ2) is 6.39. The molecule has 2 heterocycles. The van der Waals surface area contributed by atoms with Gasteiger partial charge in [0.15, 0.2) is 11.2 Å². The summed E-state index contributed by atoms with van der Waals surface area (Å²) in [5, 5.41) is 0.996. The van der Waals surface area contributed by atoms with Crippen molar-refractivity contribution in [1.82, 2.24) is 18.7 Å². The van der Waals surface area contributed by atoms with Crippen molar-refractivity contribution in [2.75, 3.05) is 5.33 Å². The van der Waals surface area contributed by atoms with E-state index in [1.165, 1.54) is 9.13 Å². The third kappa shape index (κ3) is 2.72. The minimum Gasteiger partial charge on any atom is -0.328 e. The van der Waals surface area contributed by atoms with Crippen molar-refractivity contribution in [3.8, 4) is 0 Å². The molecule has 7 heteroatoms. The second-order valence-corrected chi connectivity index (χ2v) is 5.72. The zero-order valence-corrected chi connectivity index (χ0v) is 13.4. The van der Waals surface area contributed by atoms with Gasteiger partial charge in [0, 0.05) is 26.0 Å². The molecule has 2 aromatic rings. The van der Waals surface area contributed by atoms with Crippen molar-refractivity contribution in [3.63, 3.8) is 0 Å². The number of hydrogen-bond acceptors (Lipinski definition) is 3. The topological polar surface area (TPSA) is 61.8 Å². The summed E-state index contributed by atoms with van der Waals surface area (Å²) in [4.78, 5) is 28.7. The first-order chi connectivity index (χ1) is 9.57. The minimum atomic E-state index is -0.290. The number of halogens is 1. The molecule has 0 spiro atoms. The van der Waals surface area contributed by atoms with E-state index in [2.05, 4.69) is 20.9 Å². The molecule has 0 unspecified atom stereocenters. The molecule has 0 aromatic carbocycles. The SMILES string of the molecule is Cn1cnc2c1c(=O)n(CCCCCCBr)c(=O)n2C. The molecule has 0 aliphatic heterocycles. The van der Waals surface area contributed by atoms with E-state index in [1.807, 2.05) is 0 Å². The highest BCUT2D eigenvalue weighted by Gasteiger charge is 2.14. The van der Waals surface area contributed by atoms with E-state index in [9.17, 15) is 9.59 Å². The van der Waals surface area contributed by atoms with Gasteiger partial charge in [-0.3, -0.25) is 13.9 Å². The van der Waals surface area contributed by atoms with E-state index in [0.717, 1.165) is 31.0 Å². The molecule has 0 saturated carbocycles. The van der Waals surface area contributed by atoms with Crippen LogP contribution in [0.2, 0.25) is 0 Å². The third-order valence-electron chi connectivity index (χ3n) is 3.47. The molecule has 0 saturated heterocycles. The standard InChI is InChI=1S/C13H19BrN4O2/c1-16-9-15-11-10(16)12(19)18(13(20)17(11)2)8-6-4-3-5-7-14/h9H,3-8H2,1-2H3. The lowest BCUT2D eigenvalue weighted by Crippen LogP contribution is -2.39. The lowest BCUT2D eigenvalue weighted by Gasteiger charge is -2.08. The van der Waals surface area contributed by atoms with Crippen LogP contribution in [0.15, 0.2) is 15.9 Å². The lowest BCUT2D eigenvalue weighted by molar-refractivity contribution is 0.540. The zero-order chi connectivity index (χ0) is 14.7. The summed E-state index contributed by atoms with van der Waals surface area (Å²) in [6, 6.07) is 0. The monoisotopic (exact) mass is 342 g/mol. The number of alkyl halides is 1. The highest BCUT2D eigenvalue weighted by atomic mass is 79.9. The maximum Gasteiger partial charge on any atom is 0.332 e. The number of aromatic nitrogens is 4. The summed E-state index contributed by atoms with van der Waals surface area (Å²) in [6.45, 7) is 0.467. The predicted molar refractivity (Wildman–Crippen MR) is 82.5 cm³/mol. The van der Waals surface area contributed by atoms with E-state index >= 15 is 0 Å². The number of rotatable bonds is 6. The van der Waals surface area contributed by atoms with Crippen molar-refractivity contribution in [2.45, 2.75) is 32.2 Å². The summed E-state index contributed by atoms with van der Waals surface area (Å²) < 4.78 is 4.42. The third-order valence-corrected chi connectivity index (χ3v) is 4.03. The smallest absolute Gasteiger partial charge is 0.328 e. The van der Waals surface area contributed by atoms with Gasteiger partial charge in [0.1, 0.15) is 0 Å².